The predicted molar refractivity (Wildman–Crippen MR) is 255 cm³/mol. The molecule has 0 unspecified atom stereocenters. The summed E-state index contributed by atoms with van der Waals surface area (Å²) in [7, 11) is 0. The van der Waals surface area contributed by atoms with Gasteiger partial charge in [0.1, 0.15) is 0 Å². The van der Waals surface area contributed by atoms with Crippen molar-refractivity contribution in [2.75, 3.05) is 4.90 Å². The van der Waals surface area contributed by atoms with Crippen LogP contribution in [-0.2, 0) is 0 Å². The first-order valence-electron chi connectivity index (χ1n) is 20.6. The summed E-state index contributed by atoms with van der Waals surface area (Å²) < 4.78 is 2.49. The first-order chi connectivity index (χ1) is 29.8. The first kappa shape index (κ1) is 35.2. The maximum Gasteiger partial charge on any atom is 0.0618 e. The van der Waals surface area contributed by atoms with E-state index in [2.05, 4.69) is 252 Å². The molecule has 0 aliphatic rings. The van der Waals surface area contributed by atoms with Gasteiger partial charge in [0.2, 0.25) is 0 Å². The van der Waals surface area contributed by atoms with E-state index in [0.29, 0.717) is 0 Å². The smallest absolute Gasteiger partial charge is 0.0618 e. The monoisotopic (exact) mass is 764 g/mol. The number of fused-ring (bicyclic) bond motifs is 4. The average Bonchev–Trinajstić information content (AvgIpc) is 3.66. The first-order valence-corrected chi connectivity index (χ1v) is 20.6. The molecule has 0 spiro atoms. The van der Waals surface area contributed by atoms with E-state index in [0.717, 1.165) is 28.3 Å². The van der Waals surface area contributed by atoms with Gasteiger partial charge in [0.25, 0.3) is 0 Å². The highest BCUT2D eigenvalue weighted by atomic mass is 15.1. The minimum Gasteiger partial charge on any atom is -0.309 e. The maximum atomic E-state index is 2.49. The zero-order valence-electron chi connectivity index (χ0n) is 33.0. The Morgan fingerprint density at radius 3 is 1.45 bits per heavy atom. The molecule has 10 aromatic carbocycles. The summed E-state index contributed by atoms with van der Waals surface area (Å²) in [6, 6.07) is 88.0. The van der Waals surface area contributed by atoms with Gasteiger partial charge in [0.15, 0.2) is 0 Å². The van der Waals surface area contributed by atoms with Gasteiger partial charge in [-0.15, -0.1) is 0 Å². The fraction of sp³-hybridized carbons (Fsp3) is 0. The summed E-state index contributed by atoms with van der Waals surface area (Å²) in [6.07, 6.45) is 0. The molecule has 11 rings (SSSR count). The van der Waals surface area contributed by atoms with E-state index in [1.54, 1.807) is 0 Å². The van der Waals surface area contributed by atoms with Crippen LogP contribution in [-0.4, -0.2) is 4.57 Å². The lowest BCUT2D eigenvalue weighted by molar-refractivity contribution is 1.18. The molecule has 0 aliphatic carbocycles. The van der Waals surface area contributed by atoms with Crippen molar-refractivity contribution in [1.29, 1.82) is 0 Å². The lowest BCUT2D eigenvalue weighted by atomic mass is 9.96. The molecule has 60 heavy (non-hydrogen) atoms. The Balaban J connectivity index is 1.21. The van der Waals surface area contributed by atoms with Crippen LogP contribution in [0.4, 0.5) is 17.1 Å². The molecular weight excluding hydrogens is 725 g/mol. The van der Waals surface area contributed by atoms with Gasteiger partial charge in [-0.05, 0) is 75.2 Å². The van der Waals surface area contributed by atoms with Gasteiger partial charge >= 0.3 is 0 Å². The lowest BCUT2D eigenvalue weighted by Crippen LogP contribution is -2.12. The highest BCUT2D eigenvalue weighted by Crippen LogP contribution is 2.47. The molecule has 1 heterocycles. The summed E-state index contributed by atoms with van der Waals surface area (Å²) in [5.74, 6) is 0. The van der Waals surface area contributed by atoms with Crippen LogP contribution in [0.3, 0.4) is 0 Å². The van der Waals surface area contributed by atoms with Crippen molar-refractivity contribution in [2.45, 2.75) is 0 Å². The standard InChI is InChI=1S/C58H40N2/c1-5-17-41(18-6-1)43-29-33-48(34-30-43)59(58-51-26-14-13-25-46(51)31-37-52(58)45-23-11-4-12-24-45)49-35-38-54-53-27-15-16-28-55(53)60(57(54)40-49)56-39-47(42-19-7-2-8-20-42)32-36-50(56)44-21-9-3-10-22-44/h1-40H. The molecule has 0 saturated heterocycles. The summed E-state index contributed by atoms with van der Waals surface area (Å²) in [4.78, 5) is 2.47. The van der Waals surface area contributed by atoms with Gasteiger partial charge in [-0.3, -0.25) is 0 Å². The summed E-state index contributed by atoms with van der Waals surface area (Å²) in [5.41, 5.74) is 16.2. The molecule has 0 saturated carbocycles. The van der Waals surface area contributed by atoms with Crippen molar-refractivity contribution in [3.8, 4) is 50.2 Å². The highest BCUT2D eigenvalue weighted by Gasteiger charge is 2.23. The van der Waals surface area contributed by atoms with E-state index >= 15 is 0 Å². The SMILES string of the molecule is c1ccc(-c2ccc(N(c3ccc4c5ccccc5n(-c5cc(-c6ccccc6)ccc5-c5ccccc5)c4c3)c3c(-c4ccccc4)ccc4ccccc34)cc2)cc1. The molecule has 282 valence electrons. The third-order valence-electron chi connectivity index (χ3n) is 11.8. The summed E-state index contributed by atoms with van der Waals surface area (Å²) in [6.45, 7) is 0. The van der Waals surface area contributed by atoms with Crippen LogP contribution in [0.25, 0.3) is 82.8 Å². The molecule has 0 atom stereocenters. The number of aromatic nitrogens is 1. The number of rotatable bonds is 8. The van der Waals surface area contributed by atoms with Crippen molar-refractivity contribution in [3.05, 3.63) is 243 Å². The van der Waals surface area contributed by atoms with E-state index in [9.17, 15) is 0 Å². The van der Waals surface area contributed by atoms with E-state index in [1.807, 2.05) is 0 Å². The molecule has 0 bridgehead atoms. The molecule has 0 N–H and O–H groups in total. The number of hydrogen-bond acceptors (Lipinski definition) is 1. The van der Waals surface area contributed by atoms with Crippen molar-refractivity contribution < 1.29 is 0 Å². The number of benzene rings is 10. The Kier molecular flexibility index (Phi) is 8.87. The van der Waals surface area contributed by atoms with Crippen LogP contribution in [0.1, 0.15) is 0 Å². The van der Waals surface area contributed by atoms with Crippen molar-refractivity contribution in [3.63, 3.8) is 0 Å². The zero-order valence-corrected chi connectivity index (χ0v) is 33.0. The van der Waals surface area contributed by atoms with Gasteiger partial charge in [-0.2, -0.15) is 0 Å². The van der Waals surface area contributed by atoms with E-state index in [1.165, 1.54) is 71.6 Å². The minimum absolute atomic E-state index is 1.08. The van der Waals surface area contributed by atoms with Crippen molar-refractivity contribution >= 4 is 49.6 Å². The number of nitrogens with zero attached hydrogens (tertiary/aromatic N) is 2. The fourth-order valence-electron chi connectivity index (χ4n) is 8.93. The molecule has 2 heteroatoms. The van der Waals surface area contributed by atoms with Crippen LogP contribution < -0.4 is 4.90 Å². The fourth-order valence-corrected chi connectivity index (χ4v) is 8.93. The Morgan fingerprint density at radius 2 is 0.767 bits per heavy atom. The number of anilines is 3. The Bertz CT molecular complexity index is 3280. The third kappa shape index (κ3) is 6.23. The Hall–Kier alpha value is -7.94. The van der Waals surface area contributed by atoms with Crippen molar-refractivity contribution in [2.24, 2.45) is 0 Å². The second kappa shape index (κ2) is 15.1. The summed E-state index contributed by atoms with van der Waals surface area (Å²) in [5, 5.41) is 4.81. The van der Waals surface area contributed by atoms with Gasteiger partial charge < -0.3 is 9.47 Å². The third-order valence-corrected chi connectivity index (χ3v) is 11.8. The van der Waals surface area contributed by atoms with Gasteiger partial charge in [-0.1, -0.05) is 206 Å². The van der Waals surface area contributed by atoms with Crippen LogP contribution >= 0.6 is 0 Å². The maximum absolute atomic E-state index is 2.49. The van der Waals surface area contributed by atoms with Gasteiger partial charge in [0.05, 0.1) is 22.4 Å². The van der Waals surface area contributed by atoms with E-state index in [4.69, 9.17) is 0 Å². The van der Waals surface area contributed by atoms with Crippen molar-refractivity contribution in [1.82, 2.24) is 4.57 Å². The zero-order chi connectivity index (χ0) is 39.8. The molecule has 11 aromatic rings. The molecular formula is C58H40N2. The molecule has 0 amide bonds. The Morgan fingerprint density at radius 1 is 0.283 bits per heavy atom. The Labute approximate surface area is 350 Å². The molecule has 0 radical (unpaired) electrons. The predicted octanol–water partition coefficient (Wildman–Crippen LogP) is 16.1. The van der Waals surface area contributed by atoms with Crippen LogP contribution in [0.15, 0.2) is 243 Å². The average molecular weight is 765 g/mol. The van der Waals surface area contributed by atoms with Crippen LogP contribution in [0.5, 0.6) is 0 Å². The minimum atomic E-state index is 1.08. The van der Waals surface area contributed by atoms with Gasteiger partial charge in [0, 0.05) is 38.7 Å². The normalized spacial score (nSPS) is 11.3. The quantitative estimate of drug-likeness (QED) is 0.150. The molecule has 2 nitrogen and oxygen atoms in total. The number of para-hydroxylation sites is 1. The second-order valence-electron chi connectivity index (χ2n) is 15.3. The molecule has 1 aromatic heterocycles. The lowest BCUT2D eigenvalue weighted by Gasteiger charge is -2.30. The second-order valence-corrected chi connectivity index (χ2v) is 15.3. The van der Waals surface area contributed by atoms with Gasteiger partial charge in [-0.25, -0.2) is 0 Å². The summed E-state index contributed by atoms with van der Waals surface area (Å²) >= 11 is 0. The van der Waals surface area contributed by atoms with Crippen LogP contribution in [0.2, 0.25) is 0 Å². The van der Waals surface area contributed by atoms with E-state index in [-0.39, 0.29) is 0 Å². The number of hydrogen-bond donors (Lipinski definition) is 0. The largest absolute Gasteiger partial charge is 0.309 e. The van der Waals surface area contributed by atoms with E-state index < -0.39 is 0 Å². The molecule has 0 aliphatic heterocycles. The van der Waals surface area contributed by atoms with Crippen LogP contribution in [0, 0.1) is 0 Å². The molecule has 0 fully saturated rings. The topological polar surface area (TPSA) is 8.17 Å². The highest BCUT2D eigenvalue weighted by molar-refractivity contribution is 6.12.